The van der Waals surface area contributed by atoms with Gasteiger partial charge in [-0.05, 0) is 31.6 Å². The summed E-state index contributed by atoms with van der Waals surface area (Å²) in [5.41, 5.74) is 2.84. The molecule has 0 amide bonds. The van der Waals surface area contributed by atoms with Crippen LogP contribution in [0, 0.1) is 0 Å². The Morgan fingerprint density at radius 1 is 1.28 bits per heavy atom. The lowest BCUT2D eigenvalue weighted by atomic mass is 10.1. The Hall–Kier alpha value is -2.32. The van der Waals surface area contributed by atoms with Crippen molar-refractivity contribution in [2.45, 2.75) is 31.1 Å². The highest BCUT2D eigenvalue weighted by atomic mass is 32.2. The van der Waals surface area contributed by atoms with Crippen LogP contribution in [0.4, 0.5) is 5.82 Å². The molecule has 2 aliphatic heterocycles. The highest BCUT2D eigenvalue weighted by Crippen LogP contribution is 2.41. The number of pyridine rings is 1. The normalized spacial score (nSPS) is 22.3. The molecule has 5 heterocycles. The molecule has 152 valence electrons. The molecule has 0 aromatic carbocycles. The number of methoxy groups -OCH3 is 1. The van der Waals surface area contributed by atoms with Crippen LogP contribution in [0.3, 0.4) is 0 Å². The molecule has 3 aromatic rings. The van der Waals surface area contributed by atoms with Crippen molar-refractivity contribution in [3.63, 3.8) is 0 Å². The smallest absolute Gasteiger partial charge is 0.215 e. The van der Waals surface area contributed by atoms with Gasteiger partial charge in [0.15, 0.2) is 5.82 Å². The summed E-state index contributed by atoms with van der Waals surface area (Å²) in [6.07, 6.45) is 4.30. The Morgan fingerprint density at radius 2 is 2.21 bits per heavy atom. The van der Waals surface area contributed by atoms with Crippen LogP contribution >= 0.6 is 11.8 Å². The third-order valence-corrected chi connectivity index (χ3v) is 7.01. The number of H-pyrrole nitrogens is 1. The Morgan fingerprint density at radius 3 is 3.00 bits per heavy atom. The fraction of sp³-hybridized carbons (Fsp3) is 0.476. The molecule has 2 aliphatic rings. The molecule has 0 radical (unpaired) electrons. The van der Waals surface area contributed by atoms with Gasteiger partial charge in [0.05, 0.1) is 32.1 Å². The van der Waals surface area contributed by atoms with Gasteiger partial charge in [-0.2, -0.15) is 16.7 Å². The van der Waals surface area contributed by atoms with Crippen LogP contribution < -0.4 is 9.64 Å². The molecule has 5 rings (SSSR count). The van der Waals surface area contributed by atoms with E-state index in [9.17, 15) is 0 Å². The highest BCUT2D eigenvalue weighted by molar-refractivity contribution is 7.99. The summed E-state index contributed by atoms with van der Waals surface area (Å²) in [5, 5.41) is 1.43. The van der Waals surface area contributed by atoms with E-state index in [0.29, 0.717) is 11.1 Å². The molecule has 0 bridgehead atoms. The van der Waals surface area contributed by atoms with Gasteiger partial charge in [0.1, 0.15) is 11.5 Å². The summed E-state index contributed by atoms with van der Waals surface area (Å²) in [6.45, 7) is 4.47. The first-order chi connectivity index (χ1) is 14.2. The molecule has 3 aromatic heterocycles. The fourth-order valence-electron chi connectivity index (χ4n) is 4.07. The molecule has 2 unspecified atom stereocenters. The van der Waals surface area contributed by atoms with Crippen molar-refractivity contribution in [3.8, 4) is 17.3 Å². The summed E-state index contributed by atoms with van der Waals surface area (Å²) < 4.78 is 11.1. The second kappa shape index (κ2) is 7.84. The van der Waals surface area contributed by atoms with E-state index in [-0.39, 0.29) is 6.04 Å². The Balaban J connectivity index is 1.67. The lowest BCUT2D eigenvalue weighted by molar-refractivity contribution is 0.0985. The zero-order chi connectivity index (χ0) is 19.8. The number of anilines is 1. The molecule has 29 heavy (non-hydrogen) atoms. The highest BCUT2D eigenvalue weighted by Gasteiger charge is 2.26. The standard InChI is InChI=1S/C21H25N5O2S/c1-13-12-28-8-7-26(13)18-11-16(17-4-3-9-29-17)23-21(24-18)15-10-19(27-2)25-20-14(15)5-6-22-20/h5-6,10-11,13,17H,3-4,7-9,12H2,1-2H3,(H,22,25). The van der Waals surface area contributed by atoms with Crippen molar-refractivity contribution in [1.29, 1.82) is 0 Å². The van der Waals surface area contributed by atoms with Gasteiger partial charge in [-0.3, -0.25) is 0 Å². The zero-order valence-electron chi connectivity index (χ0n) is 16.7. The SMILES string of the molecule is COc1cc(-c2nc(C3CCCS3)cc(N3CCOCC3C)n2)c2cc[nH]c2n1. The molecular weight excluding hydrogens is 386 g/mol. The quantitative estimate of drug-likeness (QED) is 0.699. The van der Waals surface area contributed by atoms with E-state index in [0.717, 1.165) is 53.7 Å². The number of fused-ring (bicyclic) bond motifs is 1. The van der Waals surface area contributed by atoms with Gasteiger partial charge >= 0.3 is 0 Å². The van der Waals surface area contributed by atoms with Crippen LogP contribution in [0.15, 0.2) is 24.4 Å². The number of hydrogen-bond acceptors (Lipinski definition) is 7. The number of thioether (sulfide) groups is 1. The summed E-state index contributed by atoms with van der Waals surface area (Å²) in [4.78, 5) is 20.0. The zero-order valence-corrected chi connectivity index (χ0v) is 17.5. The van der Waals surface area contributed by atoms with Gasteiger partial charge in [-0.1, -0.05) is 0 Å². The molecule has 8 heteroatoms. The van der Waals surface area contributed by atoms with Crippen molar-refractivity contribution in [1.82, 2.24) is 19.9 Å². The minimum absolute atomic E-state index is 0.287. The Bertz CT molecular complexity index is 1020. The fourth-order valence-corrected chi connectivity index (χ4v) is 5.31. The van der Waals surface area contributed by atoms with Crippen LogP contribution in [0.1, 0.15) is 30.7 Å². The van der Waals surface area contributed by atoms with E-state index >= 15 is 0 Å². The van der Waals surface area contributed by atoms with Crippen LogP contribution in [0.2, 0.25) is 0 Å². The summed E-state index contributed by atoms with van der Waals surface area (Å²) in [5.74, 6) is 3.46. The van der Waals surface area contributed by atoms with E-state index in [1.807, 2.05) is 30.1 Å². The van der Waals surface area contributed by atoms with Gasteiger partial charge < -0.3 is 19.4 Å². The van der Waals surface area contributed by atoms with Crippen molar-refractivity contribution in [2.75, 3.05) is 37.5 Å². The molecule has 1 N–H and O–H groups in total. The maximum absolute atomic E-state index is 5.64. The first-order valence-electron chi connectivity index (χ1n) is 10.1. The number of nitrogens with one attached hydrogen (secondary N) is 1. The van der Waals surface area contributed by atoms with E-state index in [1.165, 1.54) is 18.6 Å². The van der Waals surface area contributed by atoms with E-state index in [2.05, 4.69) is 27.9 Å². The van der Waals surface area contributed by atoms with E-state index < -0.39 is 0 Å². The van der Waals surface area contributed by atoms with Gasteiger partial charge in [0, 0.05) is 41.1 Å². The van der Waals surface area contributed by atoms with Crippen LogP contribution in [0.25, 0.3) is 22.4 Å². The molecule has 0 spiro atoms. The number of morpholine rings is 1. The largest absolute Gasteiger partial charge is 0.481 e. The van der Waals surface area contributed by atoms with Crippen molar-refractivity contribution < 1.29 is 9.47 Å². The third kappa shape index (κ3) is 3.55. The lowest BCUT2D eigenvalue weighted by Crippen LogP contribution is -2.44. The number of aromatic amines is 1. The predicted octanol–water partition coefficient (Wildman–Crippen LogP) is 3.82. The third-order valence-electron chi connectivity index (χ3n) is 5.61. The molecular formula is C21H25N5O2S. The second-order valence-corrected chi connectivity index (χ2v) is 8.86. The minimum atomic E-state index is 0.287. The molecule has 2 saturated heterocycles. The van der Waals surface area contributed by atoms with Gasteiger partial charge in [-0.25, -0.2) is 9.97 Å². The van der Waals surface area contributed by atoms with Crippen molar-refractivity contribution >= 4 is 28.6 Å². The number of nitrogens with zero attached hydrogens (tertiary/aromatic N) is 4. The predicted molar refractivity (Wildman–Crippen MR) is 116 cm³/mol. The number of hydrogen-bond donors (Lipinski definition) is 1. The van der Waals surface area contributed by atoms with Crippen LogP contribution in [-0.4, -0.2) is 58.6 Å². The Kier molecular flexibility index (Phi) is 5.05. The van der Waals surface area contributed by atoms with Crippen LogP contribution in [0.5, 0.6) is 5.88 Å². The summed E-state index contributed by atoms with van der Waals surface area (Å²) >= 11 is 1.99. The topological polar surface area (TPSA) is 76.2 Å². The molecule has 2 atom stereocenters. The van der Waals surface area contributed by atoms with Gasteiger partial charge in [0.2, 0.25) is 5.88 Å². The first kappa shape index (κ1) is 18.7. The first-order valence-corrected chi connectivity index (χ1v) is 11.2. The average Bonchev–Trinajstić information content (AvgIpc) is 3.45. The number of ether oxygens (including phenoxy) is 2. The summed E-state index contributed by atoms with van der Waals surface area (Å²) in [6, 6.07) is 6.42. The minimum Gasteiger partial charge on any atom is -0.481 e. The average molecular weight is 412 g/mol. The second-order valence-electron chi connectivity index (χ2n) is 7.55. The van der Waals surface area contributed by atoms with Crippen LogP contribution in [-0.2, 0) is 4.74 Å². The Labute approximate surface area is 174 Å². The number of rotatable bonds is 4. The number of aromatic nitrogens is 4. The van der Waals surface area contributed by atoms with Gasteiger partial charge in [-0.15, -0.1) is 0 Å². The monoisotopic (exact) mass is 411 g/mol. The van der Waals surface area contributed by atoms with Crippen molar-refractivity contribution in [2.24, 2.45) is 0 Å². The molecule has 0 saturated carbocycles. The summed E-state index contributed by atoms with van der Waals surface area (Å²) in [7, 11) is 1.63. The van der Waals surface area contributed by atoms with E-state index in [1.54, 1.807) is 7.11 Å². The molecule has 0 aliphatic carbocycles. The lowest BCUT2D eigenvalue weighted by Gasteiger charge is -2.34. The molecule has 7 nitrogen and oxygen atoms in total. The maximum Gasteiger partial charge on any atom is 0.215 e. The van der Waals surface area contributed by atoms with Gasteiger partial charge in [0.25, 0.3) is 0 Å². The van der Waals surface area contributed by atoms with E-state index in [4.69, 9.17) is 19.4 Å². The maximum atomic E-state index is 5.64. The van der Waals surface area contributed by atoms with Crippen molar-refractivity contribution in [3.05, 3.63) is 30.1 Å². The molecule has 2 fully saturated rings.